The summed E-state index contributed by atoms with van der Waals surface area (Å²) < 4.78 is 40.5. The molecule has 0 aliphatic rings. The lowest BCUT2D eigenvalue weighted by Gasteiger charge is -2.10. The Morgan fingerprint density at radius 2 is 1.90 bits per heavy atom. The molecule has 1 amide bonds. The van der Waals surface area contributed by atoms with Crippen molar-refractivity contribution in [1.29, 1.82) is 0 Å². The van der Waals surface area contributed by atoms with E-state index in [1.54, 1.807) is 12.1 Å². The molecule has 0 aliphatic carbocycles. The van der Waals surface area contributed by atoms with Crippen molar-refractivity contribution in [3.8, 4) is 5.75 Å². The van der Waals surface area contributed by atoms with Crippen LogP contribution in [0.15, 0.2) is 24.3 Å². The van der Waals surface area contributed by atoms with Gasteiger partial charge in [-0.3, -0.25) is 4.79 Å². The lowest BCUT2D eigenvalue weighted by atomic mass is 10.2. The number of rotatable bonds is 8. The van der Waals surface area contributed by atoms with E-state index in [1.807, 2.05) is 6.92 Å². The number of carbonyl (C=O) groups excluding carboxylic acids is 1. The summed E-state index contributed by atoms with van der Waals surface area (Å²) in [5.74, 6) is 0.0212. The summed E-state index contributed by atoms with van der Waals surface area (Å²) in [7, 11) is 0. The van der Waals surface area contributed by atoms with Crippen molar-refractivity contribution in [3.63, 3.8) is 0 Å². The Labute approximate surface area is 121 Å². The predicted molar refractivity (Wildman–Crippen MR) is 73.0 cm³/mol. The zero-order chi connectivity index (χ0) is 15.7. The summed E-state index contributed by atoms with van der Waals surface area (Å²) in [4.78, 5) is 11.4. The summed E-state index contributed by atoms with van der Waals surface area (Å²) in [6, 6.07) is 6.13. The van der Waals surface area contributed by atoms with Gasteiger partial charge in [0.15, 0.2) is 6.61 Å². The van der Waals surface area contributed by atoms with E-state index in [-0.39, 0.29) is 18.2 Å². The lowest BCUT2D eigenvalue weighted by Crippen LogP contribution is -2.33. The molecule has 0 unspecified atom stereocenters. The molecule has 0 heterocycles. The van der Waals surface area contributed by atoms with Gasteiger partial charge in [0.05, 0.1) is 6.54 Å². The second-order valence-corrected chi connectivity index (χ2v) is 4.50. The molecule has 118 valence electrons. The molecule has 21 heavy (non-hydrogen) atoms. The van der Waals surface area contributed by atoms with E-state index in [4.69, 9.17) is 0 Å². The zero-order valence-corrected chi connectivity index (χ0v) is 11.8. The SMILES string of the molecule is CCCNCC(=O)NCc1ccc(OCC(F)(F)F)cc1. The largest absolute Gasteiger partial charge is 0.484 e. The number of hydrogen-bond donors (Lipinski definition) is 2. The first kappa shape index (κ1) is 17.3. The van der Waals surface area contributed by atoms with Gasteiger partial charge < -0.3 is 15.4 Å². The molecule has 0 aliphatic heterocycles. The van der Waals surface area contributed by atoms with Crippen LogP contribution < -0.4 is 15.4 Å². The highest BCUT2D eigenvalue weighted by molar-refractivity contribution is 5.77. The third-order valence-corrected chi connectivity index (χ3v) is 2.53. The minimum atomic E-state index is -4.35. The van der Waals surface area contributed by atoms with E-state index in [1.165, 1.54) is 12.1 Å². The van der Waals surface area contributed by atoms with Gasteiger partial charge in [-0.25, -0.2) is 0 Å². The van der Waals surface area contributed by atoms with Crippen LogP contribution in [-0.4, -0.2) is 31.8 Å². The van der Waals surface area contributed by atoms with Crippen LogP contribution in [-0.2, 0) is 11.3 Å². The number of carbonyl (C=O) groups is 1. The number of benzene rings is 1. The maximum absolute atomic E-state index is 12.0. The van der Waals surface area contributed by atoms with Gasteiger partial charge in [0.25, 0.3) is 0 Å². The third-order valence-electron chi connectivity index (χ3n) is 2.53. The first-order valence-corrected chi connectivity index (χ1v) is 6.66. The number of ether oxygens (including phenoxy) is 1. The van der Waals surface area contributed by atoms with E-state index in [9.17, 15) is 18.0 Å². The molecule has 0 bridgehead atoms. The molecule has 4 nitrogen and oxygen atoms in total. The van der Waals surface area contributed by atoms with Crippen LogP contribution in [0.1, 0.15) is 18.9 Å². The van der Waals surface area contributed by atoms with Crippen LogP contribution in [0, 0.1) is 0 Å². The summed E-state index contributed by atoms with van der Waals surface area (Å²) in [6.07, 6.45) is -3.40. The molecule has 0 saturated carbocycles. The Hall–Kier alpha value is -1.76. The monoisotopic (exact) mass is 304 g/mol. The molecule has 0 radical (unpaired) electrons. The quantitative estimate of drug-likeness (QED) is 0.724. The minimum Gasteiger partial charge on any atom is -0.484 e. The number of hydrogen-bond acceptors (Lipinski definition) is 3. The average Bonchev–Trinajstić information content (AvgIpc) is 2.43. The van der Waals surface area contributed by atoms with Crippen LogP contribution in [0.25, 0.3) is 0 Å². The number of amides is 1. The van der Waals surface area contributed by atoms with E-state index >= 15 is 0 Å². The molecule has 0 spiro atoms. The van der Waals surface area contributed by atoms with Crippen molar-refractivity contribution < 1.29 is 22.7 Å². The smallest absolute Gasteiger partial charge is 0.422 e. The number of nitrogens with one attached hydrogen (secondary N) is 2. The van der Waals surface area contributed by atoms with Gasteiger partial charge >= 0.3 is 6.18 Å². The van der Waals surface area contributed by atoms with Gasteiger partial charge in [-0.2, -0.15) is 13.2 Å². The lowest BCUT2D eigenvalue weighted by molar-refractivity contribution is -0.153. The second kappa shape index (κ2) is 8.51. The summed E-state index contributed by atoms with van der Waals surface area (Å²) in [6.45, 7) is 2.05. The van der Waals surface area contributed by atoms with E-state index < -0.39 is 12.8 Å². The van der Waals surface area contributed by atoms with Gasteiger partial charge in [0, 0.05) is 6.54 Å². The summed E-state index contributed by atoms with van der Waals surface area (Å²) >= 11 is 0. The molecule has 1 rings (SSSR count). The predicted octanol–water partition coefficient (Wildman–Crippen LogP) is 2.24. The Bertz CT molecular complexity index is 433. The fraction of sp³-hybridized carbons (Fsp3) is 0.500. The van der Waals surface area contributed by atoms with Gasteiger partial charge in [-0.05, 0) is 30.7 Å². The maximum atomic E-state index is 12.0. The maximum Gasteiger partial charge on any atom is 0.422 e. The molecule has 0 aromatic heterocycles. The fourth-order valence-corrected chi connectivity index (χ4v) is 1.51. The highest BCUT2D eigenvalue weighted by Crippen LogP contribution is 2.18. The standard InChI is InChI=1S/C14H19F3N2O2/c1-2-7-18-9-13(20)19-8-11-3-5-12(6-4-11)21-10-14(15,16)17/h3-6,18H,2,7-10H2,1H3,(H,19,20). The molecule has 0 atom stereocenters. The molecular weight excluding hydrogens is 285 g/mol. The van der Waals surface area contributed by atoms with E-state index in [2.05, 4.69) is 15.4 Å². The van der Waals surface area contributed by atoms with Gasteiger partial charge in [0.1, 0.15) is 5.75 Å². The van der Waals surface area contributed by atoms with Gasteiger partial charge in [-0.15, -0.1) is 0 Å². The molecule has 0 fully saturated rings. The van der Waals surface area contributed by atoms with Crippen molar-refractivity contribution >= 4 is 5.91 Å². The van der Waals surface area contributed by atoms with Gasteiger partial charge in [0.2, 0.25) is 5.91 Å². The van der Waals surface area contributed by atoms with Crippen LogP contribution >= 0.6 is 0 Å². The van der Waals surface area contributed by atoms with Crippen LogP contribution in [0.5, 0.6) is 5.75 Å². The molecule has 1 aromatic rings. The van der Waals surface area contributed by atoms with Crippen LogP contribution in [0.4, 0.5) is 13.2 Å². The molecule has 1 aromatic carbocycles. The number of alkyl halides is 3. The van der Waals surface area contributed by atoms with E-state index in [0.29, 0.717) is 6.54 Å². The Kier molecular flexibility index (Phi) is 7.01. The topological polar surface area (TPSA) is 50.4 Å². The summed E-state index contributed by atoms with van der Waals surface area (Å²) in [5, 5.41) is 5.68. The van der Waals surface area contributed by atoms with Crippen LogP contribution in [0.2, 0.25) is 0 Å². The minimum absolute atomic E-state index is 0.124. The molecule has 2 N–H and O–H groups in total. The summed E-state index contributed by atoms with van der Waals surface area (Å²) in [5.41, 5.74) is 0.790. The highest BCUT2D eigenvalue weighted by Gasteiger charge is 2.28. The first-order chi connectivity index (χ1) is 9.90. The Morgan fingerprint density at radius 1 is 1.24 bits per heavy atom. The van der Waals surface area contributed by atoms with Crippen molar-refractivity contribution in [2.24, 2.45) is 0 Å². The fourth-order valence-electron chi connectivity index (χ4n) is 1.51. The molecular formula is C14H19F3N2O2. The van der Waals surface area contributed by atoms with Crippen molar-refractivity contribution in [2.45, 2.75) is 26.1 Å². The normalized spacial score (nSPS) is 11.2. The van der Waals surface area contributed by atoms with Crippen molar-refractivity contribution in [2.75, 3.05) is 19.7 Å². The number of halogens is 3. The Balaban J connectivity index is 2.32. The van der Waals surface area contributed by atoms with Crippen molar-refractivity contribution in [3.05, 3.63) is 29.8 Å². The molecule has 7 heteroatoms. The van der Waals surface area contributed by atoms with Crippen LogP contribution in [0.3, 0.4) is 0 Å². The highest BCUT2D eigenvalue weighted by atomic mass is 19.4. The average molecular weight is 304 g/mol. The molecule has 0 saturated heterocycles. The Morgan fingerprint density at radius 3 is 2.48 bits per heavy atom. The van der Waals surface area contributed by atoms with Crippen molar-refractivity contribution in [1.82, 2.24) is 10.6 Å². The third kappa shape index (κ3) is 8.19. The van der Waals surface area contributed by atoms with Gasteiger partial charge in [-0.1, -0.05) is 19.1 Å². The van der Waals surface area contributed by atoms with E-state index in [0.717, 1.165) is 18.5 Å². The first-order valence-electron chi connectivity index (χ1n) is 6.66. The zero-order valence-electron chi connectivity index (χ0n) is 11.8. The second-order valence-electron chi connectivity index (χ2n) is 4.50.